The second-order valence-corrected chi connectivity index (χ2v) is 15.4. The number of hydrogen-bond donors (Lipinski definition) is 1. The Morgan fingerprint density at radius 3 is 1.83 bits per heavy atom. The fraction of sp³-hybridized carbons (Fsp3) is 0.260. The Kier molecular flexibility index (Phi) is 9.73. The van der Waals surface area contributed by atoms with Crippen LogP contribution >= 0.6 is 0 Å². The molecule has 6 aromatic carbocycles. The summed E-state index contributed by atoms with van der Waals surface area (Å²) in [4.78, 5) is 5.13. The molecular formula is C50H48N4. The topological polar surface area (TPSA) is 42.3 Å². The molecule has 2 aliphatic heterocycles. The second-order valence-electron chi connectivity index (χ2n) is 15.4. The van der Waals surface area contributed by atoms with Crippen LogP contribution < -0.4 is 15.1 Å². The summed E-state index contributed by atoms with van der Waals surface area (Å²) in [5, 5.41) is 13.6. The van der Waals surface area contributed by atoms with Crippen LogP contribution in [-0.4, -0.2) is 19.1 Å². The molecule has 268 valence electrons. The van der Waals surface area contributed by atoms with Gasteiger partial charge >= 0.3 is 0 Å². The highest BCUT2D eigenvalue weighted by molar-refractivity contribution is 5.82. The zero-order valence-electron chi connectivity index (χ0n) is 30.9. The highest BCUT2D eigenvalue weighted by Gasteiger charge is 2.48. The molecular weight excluding hydrogens is 657 g/mol. The molecule has 1 saturated heterocycles. The first-order valence-electron chi connectivity index (χ1n) is 20.0. The highest BCUT2D eigenvalue weighted by Crippen LogP contribution is 2.53. The molecule has 3 atom stereocenters. The Balaban J connectivity index is 1.09. The van der Waals surface area contributed by atoms with Crippen LogP contribution in [0.3, 0.4) is 0 Å². The van der Waals surface area contributed by atoms with Gasteiger partial charge in [-0.2, -0.15) is 5.26 Å². The number of benzene rings is 6. The van der Waals surface area contributed by atoms with E-state index in [0.29, 0.717) is 23.4 Å². The first-order valence-corrected chi connectivity index (χ1v) is 20.0. The van der Waals surface area contributed by atoms with Crippen molar-refractivity contribution >= 4 is 28.4 Å². The van der Waals surface area contributed by atoms with Gasteiger partial charge in [0.05, 0.1) is 11.6 Å². The summed E-state index contributed by atoms with van der Waals surface area (Å²) in [6.45, 7) is 2.08. The number of para-hydroxylation sites is 2. The third kappa shape index (κ3) is 6.59. The summed E-state index contributed by atoms with van der Waals surface area (Å²) >= 11 is 0. The molecule has 1 N–H and O–H groups in total. The molecule has 0 amide bonds. The highest BCUT2D eigenvalue weighted by atomic mass is 15.2. The molecule has 54 heavy (non-hydrogen) atoms. The molecule has 0 aromatic heterocycles. The number of piperidine rings is 1. The Hall–Kier alpha value is -5.63. The van der Waals surface area contributed by atoms with Crippen LogP contribution in [0.25, 0.3) is 22.3 Å². The second kappa shape index (κ2) is 15.4. The number of nitrogens with zero attached hydrogens (tertiary/aromatic N) is 3. The van der Waals surface area contributed by atoms with E-state index in [0.717, 1.165) is 30.1 Å². The standard InChI is InChI=1S/C50H48N4/c51-33-40-16-12-13-21-45(40)39-24-22-36(23-25-39)37-26-28-43(29-27-37)54-49-31-30-44(53(41-17-8-4-9-18-41)42-19-10-5-11-20-42)32-46(49)48-35-52-34-47(50(48)54)38-14-6-2-1-3-7-15-38/h4-5,8-13,16-32,38,47-48,50,52H,1-3,6-7,14-15,34-35H2. The number of nitriles is 1. The number of rotatable bonds is 7. The molecule has 1 aliphatic carbocycles. The predicted molar refractivity (Wildman–Crippen MR) is 224 cm³/mol. The lowest BCUT2D eigenvalue weighted by atomic mass is 9.72. The van der Waals surface area contributed by atoms with Crippen molar-refractivity contribution < 1.29 is 0 Å². The van der Waals surface area contributed by atoms with E-state index >= 15 is 0 Å². The monoisotopic (exact) mass is 704 g/mol. The van der Waals surface area contributed by atoms with Crippen LogP contribution in [0.1, 0.15) is 62.0 Å². The first kappa shape index (κ1) is 34.2. The molecule has 9 rings (SSSR count). The van der Waals surface area contributed by atoms with Gasteiger partial charge in [-0.25, -0.2) is 0 Å². The zero-order chi connectivity index (χ0) is 36.3. The van der Waals surface area contributed by atoms with Crippen molar-refractivity contribution in [3.05, 3.63) is 163 Å². The lowest BCUT2D eigenvalue weighted by Crippen LogP contribution is -2.52. The van der Waals surface area contributed by atoms with Gasteiger partial charge in [0, 0.05) is 53.5 Å². The maximum atomic E-state index is 9.65. The summed E-state index contributed by atoms with van der Waals surface area (Å²) in [6.07, 6.45) is 9.54. The van der Waals surface area contributed by atoms with Crippen molar-refractivity contribution in [2.24, 2.45) is 11.8 Å². The van der Waals surface area contributed by atoms with Crippen molar-refractivity contribution in [3.8, 4) is 28.3 Å². The number of nitrogens with one attached hydrogen (secondary N) is 1. The van der Waals surface area contributed by atoms with Gasteiger partial charge < -0.3 is 15.1 Å². The van der Waals surface area contributed by atoms with E-state index in [9.17, 15) is 5.26 Å². The van der Waals surface area contributed by atoms with Crippen molar-refractivity contribution in [3.63, 3.8) is 0 Å². The predicted octanol–water partition coefficient (Wildman–Crippen LogP) is 12.5. The van der Waals surface area contributed by atoms with Crippen molar-refractivity contribution in [1.29, 1.82) is 5.26 Å². The Morgan fingerprint density at radius 1 is 0.574 bits per heavy atom. The fourth-order valence-corrected chi connectivity index (χ4v) is 9.73. The quantitative estimate of drug-likeness (QED) is 0.180. The summed E-state index contributed by atoms with van der Waals surface area (Å²) in [7, 11) is 0. The molecule has 0 bridgehead atoms. The minimum Gasteiger partial charge on any atom is -0.337 e. The van der Waals surface area contributed by atoms with Gasteiger partial charge in [-0.3, -0.25) is 0 Å². The number of fused-ring (bicyclic) bond motifs is 3. The van der Waals surface area contributed by atoms with E-state index in [2.05, 4.69) is 149 Å². The molecule has 3 aliphatic rings. The molecule has 1 saturated carbocycles. The minimum absolute atomic E-state index is 0.404. The van der Waals surface area contributed by atoms with Crippen molar-refractivity contribution in [1.82, 2.24) is 5.32 Å². The molecule has 0 spiro atoms. The van der Waals surface area contributed by atoms with Crippen LogP contribution in [0.5, 0.6) is 0 Å². The smallest absolute Gasteiger partial charge is 0.0998 e. The van der Waals surface area contributed by atoms with Gasteiger partial charge in [0.15, 0.2) is 0 Å². The Labute approximate surface area is 320 Å². The van der Waals surface area contributed by atoms with Gasteiger partial charge in [0.25, 0.3) is 0 Å². The maximum absolute atomic E-state index is 9.65. The molecule has 2 heterocycles. The van der Waals surface area contributed by atoms with Gasteiger partial charge in [0.2, 0.25) is 0 Å². The minimum atomic E-state index is 0.404. The van der Waals surface area contributed by atoms with Crippen LogP contribution in [0.4, 0.5) is 28.4 Å². The van der Waals surface area contributed by atoms with E-state index in [4.69, 9.17) is 0 Å². The summed E-state index contributed by atoms with van der Waals surface area (Å²) < 4.78 is 0. The van der Waals surface area contributed by atoms with Gasteiger partial charge in [-0.1, -0.05) is 136 Å². The van der Waals surface area contributed by atoms with E-state index < -0.39 is 0 Å². The number of hydrogen-bond acceptors (Lipinski definition) is 4. The molecule has 6 aromatic rings. The van der Waals surface area contributed by atoms with E-state index in [1.165, 1.54) is 90.1 Å². The van der Waals surface area contributed by atoms with Crippen molar-refractivity contribution in [2.45, 2.75) is 56.9 Å². The normalized spacial score (nSPS) is 19.9. The largest absolute Gasteiger partial charge is 0.337 e. The van der Waals surface area contributed by atoms with E-state index in [-0.39, 0.29) is 0 Å². The van der Waals surface area contributed by atoms with Gasteiger partial charge in [0.1, 0.15) is 0 Å². The van der Waals surface area contributed by atoms with Crippen LogP contribution in [-0.2, 0) is 0 Å². The average molecular weight is 705 g/mol. The Morgan fingerprint density at radius 2 is 1.17 bits per heavy atom. The summed E-state index contributed by atoms with van der Waals surface area (Å²) in [5.74, 6) is 1.72. The molecule has 0 radical (unpaired) electrons. The average Bonchev–Trinajstić information content (AvgIpc) is 3.56. The van der Waals surface area contributed by atoms with Crippen molar-refractivity contribution in [2.75, 3.05) is 22.9 Å². The lowest BCUT2D eigenvalue weighted by molar-refractivity contribution is 0.185. The molecule has 3 unspecified atom stereocenters. The summed E-state index contributed by atoms with van der Waals surface area (Å²) in [6, 6.07) is 57.3. The molecule has 4 nitrogen and oxygen atoms in total. The Bertz CT molecular complexity index is 2170. The van der Waals surface area contributed by atoms with Gasteiger partial charge in [-0.15, -0.1) is 0 Å². The molecule has 4 heteroatoms. The van der Waals surface area contributed by atoms with Crippen LogP contribution in [0.15, 0.2) is 152 Å². The summed E-state index contributed by atoms with van der Waals surface area (Å²) in [5.41, 5.74) is 12.8. The van der Waals surface area contributed by atoms with Crippen LogP contribution in [0.2, 0.25) is 0 Å². The molecule has 2 fully saturated rings. The van der Waals surface area contributed by atoms with E-state index in [1.54, 1.807) is 0 Å². The third-order valence-electron chi connectivity index (χ3n) is 12.3. The first-order chi connectivity index (χ1) is 26.8. The maximum Gasteiger partial charge on any atom is 0.0998 e. The lowest BCUT2D eigenvalue weighted by Gasteiger charge is -2.44. The fourth-order valence-electron chi connectivity index (χ4n) is 9.73. The van der Waals surface area contributed by atoms with Crippen LogP contribution in [0, 0.1) is 23.2 Å². The third-order valence-corrected chi connectivity index (χ3v) is 12.3. The van der Waals surface area contributed by atoms with Gasteiger partial charge in [-0.05, 0) is 100 Å². The zero-order valence-corrected chi connectivity index (χ0v) is 30.9. The number of anilines is 5. The SMILES string of the molecule is N#Cc1ccccc1-c1ccc(-c2ccc(N3c4ccc(N(c5ccccc5)c5ccccc5)cc4C4CNCC(C5CCCCCCC5)C43)cc2)cc1. The van der Waals surface area contributed by atoms with E-state index in [1.807, 2.05) is 24.3 Å².